The highest BCUT2D eigenvalue weighted by molar-refractivity contribution is 5.94. The van der Waals surface area contributed by atoms with Crippen LogP contribution in [-0.2, 0) is 18.3 Å². The molecule has 2 heterocycles. The highest BCUT2D eigenvalue weighted by Gasteiger charge is 2.20. The Hall–Kier alpha value is -3.84. The number of carbonyl (C=O) groups is 1. The molecule has 0 spiro atoms. The SMILES string of the molecule is Cc1ccc(CCN[C@@H](C(=O)Nc2cnc(-c3cnn(C)c3)cn2)c2ccccc2)cc1. The van der Waals surface area contributed by atoms with Crippen LogP contribution in [0, 0.1) is 6.92 Å². The summed E-state index contributed by atoms with van der Waals surface area (Å²) < 4.78 is 1.71. The second-order valence-corrected chi connectivity index (χ2v) is 7.71. The van der Waals surface area contributed by atoms with Gasteiger partial charge in [0.2, 0.25) is 5.91 Å². The number of aryl methyl sites for hydroxylation is 2. The van der Waals surface area contributed by atoms with Crippen molar-refractivity contribution in [2.24, 2.45) is 7.05 Å². The minimum absolute atomic E-state index is 0.177. The fourth-order valence-corrected chi connectivity index (χ4v) is 3.42. The van der Waals surface area contributed by atoms with Gasteiger partial charge < -0.3 is 10.6 Å². The maximum Gasteiger partial charge on any atom is 0.247 e. The summed E-state index contributed by atoms with van der Waals surface area (Å²) in [5.41, 5.74) is 4.93. The van der Waals surface area contributed by atoms with E-state index in [4.69, 9.17) is 0 Å². The van der Waals surface area contributed by atoms with Gasteiger partial charge in [0.1, 0.15) is 6.04 Å². The molecule has 0 radical (unpaired) electrons. The van der Waals surface area contributed by atoms with Gasteiger partial charge in [-0.2, -0.15) is 5.10 Å². The molecule has 2 N–H and O–H groups in total. The Bertz CT molecular complexity index is 1150. The normalized spacial score (nSPS) is 11.8. The predicted molar refractivity (Wildman–Crippen MR) is 125 cm³/mol. The van der Waals surface area contributed by atoms with Gasteiger partial charge in [-0.3, -0.25) is 14.5 Å². The topological polar surface area (TPSA) is 84.7 Å². The molecule has 2 aromatic carbocycles. The standard InChI is InChI=1S/C25H26N6O/c1-18-8-10-19(11-9-18)12-13-26-24(20-6-4-3-5-7-20)25(32)30-23-16-27-22(15-28-23)21-14-29-31(2)17-21/h3-11,14-17,24,26H,12-13H2,1-2H3,(H,28,30,32)/t24-/m1/s1. The van der Waals surface area contributed by atoms with Crippen molar-refractivity contribution in [1.29, 1.82) is 0 Å². The summed E-state index contributed by atoms with van der Waals surface area (Å²) in [5.74, 6) is 0.229. The number of aromatic nitrogens is 4. The first-order valence-corrected chi connectivity index (χ1v) is 10.5. The van der Waals surface area contributed by atoms with Crippen LogP contribution in [0.5, 0.6) is 0 Å². The Kier molecular flexibility index (Phi) is 6.67. The van der Waals surface area contributed by atoms with Crippen LogP contribution in [0.4, 0.5) is 5.82 Å². The predicted octanol–water partition coefficient (Wildman–Crippen LogP) is 3.70. The first-order chi connectivity index (χ1) is 15.6. The van der Waals surface area contributed by atoms with E-state index >= 15 is 0 Å². The quantitative estimate of drug-likeness (QED) is 0.449. The highest BCUT2D eigenvalue weighted by atomic mass is 16.2. The van der Waals surface area contributed by atoms with Crippen molar-refractivity contribution in [3.63, 3.8) is 0 Å². The first-order valence-electron chi connectivity index (χ1n) is 10.5. The Balaban J connectivity index is 1.43. The number of rotatable bonds is 8. The van der Waals surface area contributed by atoms with Crippen molar-refractivity contribution in [3.05, 3.63) is 96.1 Å². The molecule has 0 unspecified atom stereocenters. The largest absolute Gasteiger partial charge is 0.308 e. The van der Waals surface area contributed by atoms with Gasteiger partial charge in [-0.25, -0.2) is 4.98 Å². The van der Waals surface area contributed by atoms with Crippen LogP contribution in [0.3, 0.4) is 0 Å². The van der Waals surface area contributed by atoms with Crippen molar-refractivity contribution < 1.29 is 4.79 Å². The molecular weight excluding hydrogens is 400 g/mol. The molecule has 0 fully saturated rings. The molecule has 0 aliphatic heterocycles. The van der Waals surface area contributed by atoms with Gasteiger partial charge in [0.05, 0.1) is 24.3 Å². The lowest BCUT2D eigenvalue weighted by Gasteiger charge is -2.19. The Morgan fingerprint density at radius 1 is 1.00 bits per heavy atom. The summed E-state index contributed by atoms with van der Waals surface area (Å²) in [4.78, 5) is 21.9. The number of hydrogen-bond acceptors (Lipinski definition) is 5. The molecular formula is C25H26N6O. The third kappa shape index (κ3) is 5.44. The third-order valence-electron chi connectivity index (χ3n) is 5.18. The van der Waals surface area contributed by atoms with E-state index in [0.29, 0.717) is 18.1 Å². The molecule has 0 saturated carbocycles. The van der Waals surface area contributed by atoms with E-state index in [9.17, 15) is 4.79 Å². The molecule has 0 aliphatic rings. The van der Waals surface area contributed by atoms with Gasteiger partial charge in [0.25, 0.3) is 0 Å². The summed E-state index contributed by atoms with van der Waals surface area (Å²) in [6, 6.07) is 17.6. The molecule has 2 aromatic heterocycles. The zero-order chi connectivity index (χ0) is 22.3. The Morgan fingerprint density at radius 2 is 1.78 bits per heavy atom. The van der Waals surface area contributed by atoms with Gasteiger partial charge in [0, 0.05) is 25.4 Å². The maximum absolute atomic E-state index is 13.1. The summed E-state index contributed by atoms with van der Waals surface area (Å²) >= 11 is 0. The van der Waals surface area contributed by atoms with Gasteiger partial charge in [-0.15, -0.1) is 0 Å². The minimum atomic E-state index is -0.499. The van der Waals surface area contributed by atoms with E-state index in [1.807, 2.05) is 43.6 Å². The highest BCUT2D eigenvalue weighted by Crippen LogP contribution is 2.18. The van der Waals surface area contributed by atoms with E-state index in [0.717, 1.165) is 17.5 Å². The van der Waals surface area contributed by atoms with Crippen molar-refractivity contribution in [2.75, 3.05) is 11.9 Å². The van der Waals surface area contributed by atoms with Crippen molar-refractivity contribution in [3.8, 4) is 11.3 Å². The second-order valence-electron chi connectivity index (χ2n) is 7.71. The lowest BCUT2D eigenvalue weighted by Crippen LogP contribution is -2.34. The van der Waals surface area contributed by atoms with Crippen LogP contribution in [0.2, 0.25) is 0 Å². The van der Waals surface area contributed by atoms with Crippen LogP contribution in [0.15, 0.2) is 79.4 Å². The van der Waals surface area contributed by atoms with E-state index in [1.54, 1.807) is 23.3 Å². The molecule has 162 valence electrons. The summed E-state index contributed by atoms with van der Waals surface area (Å²) in [6.45, 7) is 2.74. The number of anilines is 1. The van der Waals surface area contributed by atoms with Gasteiger partial charge in [-0.1, -0.05) is 60.2 Å². The summed E-state index contributed by atoms with van der Waals surface area (Å²) in [5, 5.41) is 10.4. The van der Waals surface area contributed by atoms with Gasteiger partial charge in [0.15, 0.2) is 5.82 Å². The molecule has 4 rings (SSSR count). The van der Waals surface area contributed by atoms with Crippen LogP contribution in [0.25, 0.3) is 11.3 Å². The molecule has 0 saturated heterocycles. The van der Waals surface area contributed by atoms with E-state index in [1.165, 1.54) is 11.1 Å². The van der Waals surface area contributed by atoms with E-state index < -0.39 is 6.04 Å². The van der Waals surface area contributed by atoms with Crippen LogP contribution in [-0.4, -0.2) is 32.2 Å². The lowest BCUT2D eigenvalue weighted by atomic mass is 10.1. The zero-order valence-corrected chi connectivity index (χ0v) is 18.2. The number of nitrogens with zero attached hydrogens (tertiary/aromatic N) is 4. The molecule has 32 heavy (non-hydrogen) atoms. The number of benzene rings is 2. The summed E-state index contributed by atoms with van der Waals surface area (Å²) in [7, 11) is 1.85. The average molecular weight is 427 g/mol. The molecule has 1 amide bonds. The molecule has 1 atom stereocenters. The fourth-order valence-electron chi connectivity index (χ4n) is 3.42. The van der Waals surface area contributed by atoms with Crippen molar-refractivity contribution in [1.82, 2.24) is 25.1 Å². The number of carbonyl (C=O) groups excluding carboxylic acids is 1. The van der Waals surface area contributed by atoms with Crippen molar-refractivity contribution >= 4 is 11.7 Å². The first kappa shape index (κ1) is 21.4. The third-order valence-corrected chi connectivity index (χ3v) is 5.18. The number of nitrogens with one attached hydrogen (secondary N) is 2. The van der Waals surface area contributed by atoms with Crippen LogP contribution in [0.1, 0.15) is 22.7 Å². The van der Waals surface area contributed by atoms with E-state index in [2.05, 4.69) is 56.9 Å². The molecule has 7 nitrogen and oxygen atoms in total. The maximum atomic E-state index is 13.1. The lowest BCUT2D eigenvalue weighted by molar-refractivity contribution is -0.118. The minimum Gasteiger partial charge on any atom is -0.308 e. The monoisotopic (exact) mass is 426 g/mol. The molecule has 0 bridgehead atoms. The Morgan fingerprint density at radius 3 is 2.44 bits per heavy atom. The molecule has 0 aliphatic carbocycles. The summed E-state index contributed by atoms with van der Waals surface area (Å²) in [6.07, 6.45) is 7.62. The Labute approximate surface area is 187 Å². The second kappa shape index (κ2) is 9.98. The number of amides is 1. The van der Waals surface area contributed by atoms with Gasteiger partial charge in [-0.05, 0) is 24.5 Å². The fraction of sp³-hybridized carbons (Fsp3) is 0.200. The van der Waals surface area contributed by atoms with Crippen molar-refractivity contribution in [2.45, 2.75) is 19.4 Å². The number of hydrogen-bond donors (Lipinski definition) is 2. The van der Waals surface area contributed by atoms with Gasteiger partial charge >= 0.3 is 0 Å². The van der Waals surface area contributed by atoms with Crippen LogP contribution >= 0.6 is 0 Å². The molecule has 7 heteroatoms. The smallest absolute Gasteiger partial charge is 0.247 e. The van der Waals surface area contributed by atoms with E-state index in [-0.39, 0.29) is 5.91 Å². The average Bonchev–Trinajstić information content (AvgIpc) is 3.25. The molecule has 4 aromatic rings. The van der Waals surface area contributed by atoms with Crippen LogP contribution < -0.4 is 10.6 Å². The zero-order valence-electron chi connectivity index (χ0n) is 18.2.